The maximum atomic E-state index is 14.8. The summed E-state index contributed by atoms with van der Waals surface area (Å²) in [5, 5.41) is 10.4. The van der Waals surface area contributed by atoms with Crippen molar-refractivity contribution in [1.82, 2.24) is 4.90 Å². The fourth-order valence-electron chi connectivity index (χ4n) is 7.62. The van der Waals surface area contributed by atoms with E-state index in [9.17, 15) is 19.5 Å². The van der Waals surface area contributed by atoms with Gasteiger partial charge in [0, 0.05) is 31.0 Å². The molecule has 1 aromatic rings. The number of unbranched alkanes of at least 4 members (excludes halogenated alkanes) is 1. The van der Waals surface area contributed by atoms with Crippen LogP contribution in [0.15, 0.2) is 49.6 Å². The van der Waals surface area contributed by atoms with Crippen LogP contribution >= 0.6 is 0 Å². The van der Waals surface area contributed by atoms with Crippen LogP contribution in [0.4, 0.5) is 11.4 Å². The van der Waals surface area contributed by atoms with Crippen LogP contribution in [0.5, 0.6) is 0 Å². The summed E-state index contributed by atoms with van der Waals surface area (Å²) in [5.74, 6) is -2.76. The van der Waals surface area contributed by atoms with E-state index >= 15 is 0 Å². The summed E-state index contributed by atoms with van der Waals surface area (Å²) in [6.07, 6.45) is 6.79. The lowest BCUT2D eigenvalue weighted by atomic mass is 9.65. The minimum absolute atomic E-state index is 0.228. The molecule has 1 aromatic carbocycles. The number of hydrogen-bond acceptors (Lipinski definition) is 7. The van der Waals surface area contributed by atoms with Gasteiger partial charge in [0.2, 0.25) is 5.91 Å². The van der Waals surface area contributed by atoms with Crippen LogP contribution in [0.2, 0.25) is 0 Å². The van der Waals surface area contributed by atoms with E-state index in [2.05, 4.69) is 31.9 Å². The monoisotopic (exact) mass is 595 g/mol. The number of anilines is 2. The van der Waals surface area contributed by atoms with Gasteiger partial charge < -0.3 is 29.3 Å². The molecule has 0 radical (unpaired) electrons. The summed E-state index contributed by atoms with van der Waals surface area (Å²) in [5.41, 5.74) is -0.339. The Kier molecular flexibility index (Phi) is 10.4. The minimum Gasteiger partial charge on any atom is -0.465 e. The first-order chi connectivity index (χ1) is 20.7. The molecule has 0 aliphatic carbocycles. The quantitative estimate of drug-likeness (QED) is 0.171. The fraction of sp³-hybridized carbons (Fsp3) is 0.618. The molecule has 236 valence electrons. The fourth-order valence-corrected chi connectivity index (χ4v) is 7.62. The van der Waals surface area contributed by atoms with E-state index in [0.29, 0.717) is 44.2 Å². The van der Waals surface area contributed by atoms with Gasteiger partial charge in [-0.25, -0.2) is 0 Å². The third-order valence-electron chi connectivity index (χ3n) is 9.85. The van der Waals surface area contributed by atoms with Crippen molar-refractivity contribution >= 4 is 29.2 Å². The van der Waals surface area contributed by atoms with Crippen LogP contribution < -0.4 is 9.80 Å². The van der Waals surface area contributed by atoms with Gasteiger partial charge in [-0.15, -0.1) is 13.2 Å². The molecule has 6 atom stereocenters. The van der Waals surface area contributed by atoms with Gasteiger partial charge in [0.1, 0.15) is 17.6 Å². The lowest BCUT2D eigenvalue weighted by molar-refractivity contribution is -0.162. The molecule has 3 fully saturated rings. The molecule has 9 heteroatoms. The van der Waals surface area contributed by atoms with E-state index in [4.69, 9.17) is 9.47 Å². The summed E-state index contributed by atoms with van der Waals surface area (Å²) in [7, 11) is 0. The van der Waals surface area contributed by atoms with Gasteiger partial charge in [0.05, 0.1) is 30.8 Å². The topological polar surface area (TPSA) is 99.6 Å². The number of allylic oxidation sites excluding steroid dienone is 1. The van der Waals surface area contributed by atoms with Crippen molar-refractivity contribution in [2.24, 2.45) is 11.8 Å². The van der Waals surface area contributed by atoms with Crippen molar-refractivity contribution in [2.45, 2.75) is 89.5 Å². The first-order valence-electron chi connectivity index (χ1n) is 15.9. The molecule has 2 unspecified atom stereocenters. The maximum Gasteiger partial charge on any atom is 0.312 e. The Bertz CT molecular complexity index is 1180. The van der Waals surface area contributed by atoms with E-state index in [1.54, 1.807) is 17.1 Å². The van der Waals surface area contributed by atoms with E-state index in [1.807, 2.05) is 38.1 Å². The standard InChI is InChI=1S/C34H49N3O6/c1-7-13-14-22-42-32(41)28-27-30(39)37(24(9-3)23-38)29(34(27)20-19-33(28,10-4)43-34)31(40)36(21-8-2)26-17-15-25(16-18-26)35(11-5)12-6/h7-8,15-18,24,27-29,38H,1-2,9-14,19-23H2,3-6H3/t24-,27-,28+,29?,33-,34?/m0/s1. The Morgan fingerprint density at radius 1 is 1.12 bits per heavy atom. The molecule has 1 N–H and O–H groups in total. The predicted molar refractivity (Wildman–Crippen MR) is 168 cm³/mol. The van der Waals surface area contributed by atoms with E-state index in [-0.39, 0.29) is 31.6 Å². The number of ether oxygens (including phenoxy) is 2. The number of aliphatic hydroxyl groups excluding tert-OH is 1. The number of carbonyl (C=O) groups excluding carboxylic acids is 3. The third-order valence-corrected chi connectivity index (χ3v) is 9.85. The first-order valence-corrected chi connectivity index (χ1v) is 15.9. The Balaban J connectivity index is 1.77. The molecular formula is C34H49N3O6. The Labute approximate surface area is 256 Å². The molecule has 1 spiro atoms. The van der Waals surface area contributed by atoms with Gasteiger partial charge in [-0.05, 0) is 76.6 Å². The molecule has 3 saturated heterocycles. The van der Waals surface area contributed by atoms with Gasteiger partial charge in [-0.3, -0.25) is 14.4 Å². The zero-order chi connectivity index (χ0) is 31.4. The molecule has 2 amide bonds. The van der Waals surface area contributed by atoms with E-state index < -0.39 is 41.1 Å². The lowest BCUT2D eigenvalue weighted by Crippen LogP contribution is -2.59. The lowest BCUT2D eigenvalue weighted by Gasteiger charge is -2.39. The average Bonchev–Trinajstić information content (AvgIpc) is 3.63. The Morgan fingerprint density at radius 2 is 1.79 bits per heavy atom. The van der Waals surface area contributed by atoms with Gasteiger partial charge in [0.25, 0.3) is 5.91 Å². The number of aliphatic hydroxyl groups is 1. The summed E-state index contributed by atoms with van der Waals surface area (Å²) in [6, 6.07) is 6.22. The second kappa shape index (κ2) is 13.6. The summed E-state index contributed by atoms with van der Waals surface area (Å²) >= 11 is 0. The van der Waals surface area contributed by atoms with Crippen molar-refractivity contribution in [2.75, 3.05) is 42.6 Å². The van der Waals surface area contributed by atoms with E-state index in [0.717, 1.165) is 18.8 Å². The smallest absolute Gasteiger partial charge is 0.312 e. The van der Waals surface area contributed by atoms with Crippen molar-refractivity contribution in [3.05, 3.63) is 49.6 Å². The number of carbonyl (C=O) groups is 3. The zero-order valence-corrected chi connectivity index (χ0v) is 26.3. The predicted octanol–water partition coefficient (Wildman–Crippen LogP) is 4.49. The van der Waals surface area contributed by atoms with Crippen molar-refractivity contribution in [1.29, 1.82) is 0 Å². The average molecular weight is 596 g/mol. The van der Waals surface area contributed by atoms with Crippen molar-refractivity contribution in [3.8, 4) is 0 Å². The Morgan fingerprint density at radius 3 is 2.35 bits per heavy atom. The molecule has 3 heterocycles. The van der Waals surface area contributed by atoms with Gasteiger partial charge in [-0.1, -0.05) is 26.0 Å². The third kappa shape index (κ3) is 5.50. The maximum absolute atomic E-state index is 14.8. The minimum atomic E-state index is -1.20. The van der Waals surface area contributed by atoms with Crippen LogP contribution in [-0.2, 0) is 23.9 Å². The number of hydrogen-bond donors (Lipinski definition) is 1. The largest absolute Gasteiger partial charge is 0.465 e. The summed E-state index contributed by atoms with van der Waals surface area (Å²) in [6.45, 7) is 17.5. The number of rotatable bonds is 16. The molecule has 9 nitrogen and oxygen atoms in total. The van der Waals surface area contributed by atoms with Crippen LogP contribution in [0, 0.1) is 11.8 Å². The highest BCUT2D eigenvalue weighted by molar-refractivity contribution is 6.05. The molecule has 2 bridgehead atoms. The molecule has 43 heavy (non-hydrogen) atoms. The van der Waals surface area contributed by atoms with Gasteiger partial charge in [-0.2, -0.15) is 0 Å². The van der Waals surface area contributed by atoms with Gasteiger partial charge >= 0.3 is 5.97 Å². The first kappa shape index (κ1) is 32.7. The van der Waals surface area contributed by atoms with Gasteiger partial charge in [0.15, 0.2) is 0 Å². The summed E-state index contributed by atoms with van der Waals surface area (Å²) in [4.78, 5) is 48.3. The second-order valence-electron chi connectivity index (χ2n) is 11.8. The molecular weight excluding hydrogens is 546 g/mol. The number of fused-ring (bicyclic) bond motifs is 1. The van der Waals surface area contributed by atoms with Crippen LogP contribution in [0.3, 0.4) is 0 Å². The number of amides is 2. The Hall–Kier alpha value is -3.17. The second-order valence-corrected chi connectivity index (χ2v) is 11.8. The number of esters is 1. The van der Waals surface area contributed by atoms with Crippen molar-refractivity contribution < 1.29 is 29.0 Å². The molecule has 0 saturated carbocycles. The van der Waals surface area contributed by atoms with Crippen LogP contribution in [-0.4, -0.2) is 83.9 Å². The highest BCUT2D eigenvalue weighted by atomic mass is 16.6. The highest BCUT2D eigenvalue weighted by Gasteiger charge is 2.79. The summed E-state index contributed by atoms with van der Waals surface area (Å²) < 4.78 is 12.6. The molecule has 0 aromatic heterocycles. The van der Waals surface area contributed by atoms with E-state index in [1.165, 1.54) is 4.90 Å². The van der Waals surface area contributed by atoms with Crippen LogP contribution in [0.25, 0.3) is 0 Å². The van der Waals surface area contributed by atoms with Crippen molar-refractivity contribution in [3.63, 3.8) is 0 Å². The molecule has 3 aliphatic rings. The number of nitrogens with zero attached hydrogens (tertiary/aromatic N) is 3. The normalized spacial score (nSPS) is 28.0. The number of benzene rings is 1. The number of likely N-dealkylation sites (tertiary alicyclic amines) is 1. The molecule has 4 rings (SSSR count). The molecule has 3 aliphatic heterocycles. The zero-order valence-electron chi connectivity index (χ0n) is 26.3. The SMILES string of the molecule is C=CCCCOC(=O)[C@H]1[C@H]2C(=O)N([C@@H](CC)CO)C(C(=O)N(CC=C)c3ccc(N(CC)CC)cc3)C23CC[C@]1(CC)O3. The van der Waals surface area contributed by atoms with Crippen LogP contribution in [0.1, 0.15) is 66.2 Å². The highest BCUT2D eigenvalue weighted by Crippen LogP contribution is 2.65.